The zero-order chi connectivity index (χ0) is 13.2. The second-order valence-corrected chi connectivity index (χ2v) is 5.23. The third-order valence-electron chi connectivity index (χ3n) is 4.04. The van der Waals surface area contributed by atoms with Gasteiger partial charge in [0.05, 0.1) is 26.2 Å². The van der Waals surface area contributed by atoms with E-state index in [1.807, 2.05) is 6.92 Å². The van der Waals surface area contributed by atoms with Gasteiger partial charge in [0.1, 0.15) is 0 Å². The summed E-state index contributed by atoms with van der Waals surface area (Å²) in [5.74, 6) is -0.391. The Morgan fingerprint density at radius 2 is 2.33 bits per heavy atom. The summed E-state index contributed by atoms with van der Waals surface area (Å²) in [5.41, 5.74) is 0. The molecule has 0 N–H and O–H groups in total. The summed E-state index contributed by atoms with van der Waals surface area (Å²) in [6, 6.07) is 0. The normalized spacial score (nSPS) is 37.1. The zero-order valence-electron chi connectivity index (χ0n) is 11.5. The van der Waals surface area contributed by atoms with E-state index in [0.29, 0.717) is 12.5 Å². The zero-order valence-corrected chi connectivity index (χ0v) is 11.5. The molecule has 5 nitrogen and oxygen atoms in total. The van der Waals surface area contributed by atoms with E-state index in [1.54, 1.807) is 0 Å². The highest BCUT2D eigenvalue weighted by molar-refractivity contribution is 5.69. The van der Waals surface area contributed by atoms with Crippen molar-refractivity contribution < 1.29 is 19.0 Å². The molecule has 104 valence electrons. The molecule has 0 saturated carbocycles. The fraction of sp³-hybridized carbons (Fsp3) is 0.923. The van der Waals surface area contributed by atoms with Crippen molar-refractivity contribution in [1.82, 2.24) is 4.90 Å². The van der Waals surface area contributed by atoms with Crippen molar-refractivity contribution in [3.05, 3.63) is 0 Å². The summed E-state index contributed by atoms with van der Waals surface area (Å²) in [4.78, 5) is 13.6. The molecule has 2 aliphatic heterocycles. The first-order valence-electron chi connectivity index (χ1n) is 6.68. The minimum Gasteiger partial charge on any atom is -0.469 e. The number of carbonyl (C=O) groups is 1. The summed E-state index contributed by atoms with van der Waals surface area (Å²) in [5, 5.41) is 0. The first-order chi connectivity index (χ1) is 8.57. The van der Waals surface area contributed by atoms with Crippen LogP contribution in [0.1, 0.15) is 26.7 Å². The molecule has 0 aromatic carbocycles. The lowest BCUT2D eigenvalue weighted by atomic mass is 9.99. The van der Waals surface area contributed by atoms with Crippen LogP contribution in [0.5, 0.6) is 0 Å². The van der Waals surface area contributed by atoms with E-state index in [-0.39, 0.29) is 18.5 Å². The first-order valence-corrected chi connectivity index (χ1v) is 6.68. The van der Waals surface area contributed by atoms with Crippen LogP contribution in [-0.2, 0) is 19.0 Å². The van der Waals surface area contributed by atoms with Crippen LogP contribution in [0.3, 0.4) is 0 Å². The van der Waals surface area contributed by atoms with Crippen LogP contribution in [0.15, 0.2) is 0 Å². The molecule has 2 fully saturated rings. The van der Waals surface area contributed by atoms with Crippen molar-refractivity contribution in [2.24, 2.45) is 5.92 Å². The Balaban J connectivity index is 1.88. The Bertz CT molecular complexity index is 309. The van der Waals surface area contributed by atoms with Gasteiger partial charge in [-0.05, 0) is 26.4 Å². The van der Waals surface area contributed by atoms with Crippen molar-refractivity contribution in [3.8, 4) is 0 Å². The van der Waals surface area contributed by atoms with Crippen molar-refractivity contribution >= 4 is 5.97 Å². The van der Waals surface area contributed by atoms with Crippen molar-refractivity contribution in [2.75, 3.05) is 33.4 Å². The molecule has 2 aliphatic rings. The fourth-order valence-electron chi connectivity index (χ4n) is 2.79. The maximum Gasteiger partial charge on any atom is 0.308 e. The van der Waals surface area contributed by atoms with Crippen LogP contribution >= 0.6 is 0 Å². The molecule has 2 heterocycles. The number of likely N-dealkylation sites (tertiary alicyclic amines) is 1. The number of hydrogen-bond donors (Lipinski definition) is 0. The second kappa shape index (κ2) is 5.55. The molecule has 0 spiro atoms. The highest BCUT2D eigenvalue weighted by Crippen LogP contribution is 2.37. The monoisotopic (exact) mass is 257 g/mol. The standard InChI is InChI=1S/C13H23NO4/c1-4-14-6-5-10(8-14)13(2)17-9-11(18-13)7-12(15)16-3/h10-11H,4-9H2,1-3H3. The molecule has 2 rings (SSSR count). The molecule has 0 amide bonds. The van der Waals surface area contributed by atoms with Gasteiger partial charge in [-0.3, -0.25) is 4.79 Å². The van der Waals surface area contributed by atoms with E-state index in [1.165, 1.54) is 7.11 Å². The van der Waals surface area contributed by atoms with Gasteiger partial charge in [-0.15, -0.1) is 0 Å². The maximum atomic E-state index is 11.2. The van der Waals surface area contributed by atoms with Crippen molar-refractivity contribution in [1.29, 1.82) is 0 Å². The van der Waals surface area contributed by atoms with E-state index in [0.717, 1.165) is 26.1 Å². The smallest absolute Gasteiger partial charge is 0.308 e. The van der Waals surface area contributed by atoms with Gasteiger partial charge in [0.25, 0.3) is 0 Å². The predicted molar refractivity (Wildman–Crippen MR) is 66.1 cm³/mol. The molecule has 2 saturated heterocycles. The van der Waals surface area contributed by atoms with E-state index >= 15 is 0 Å². The highest BCUT2D eigenvalue weighted by atomic mass is 16.7. The van der Waals surface area contributed by atoms with Gasteiger partial charge in [0.15, 0.2) is 5.79 Å². The number of rotatable bonds is 4. The van der Waals surface area contributed by atoms with Gasteiger partial charge in [0, 0.05) is 12.5 Å². The molecule has 0 aromatic heterocycles. The summed E-state index contributed by atoms with van der Waals surface area (Å²) < 4.78 is 16.4. The van der Waals surface area contributed by atoms with Gasteiger partial charge >= 0.3 is 5.97 Å². The van der Waals surface area contributed by atoms with Crippen LogP contribution in [0, 0.1) is 5.92 Å². The summed E-state index contributed by atoms with van der Waals surface area (Å²) in [6.07, 6.45) is 1.20. The molecule has 0 aromatic rings. The Morgan fingerprint density at radius 1 is 1.56 bits per heavy atom. The van der Waals surface area contributed by atoms with Gasteiger partial charge in [0.2, 0.25) is 0 Å². The van der Waals surface area contributed by atoms with E-state index in [2.05, 4.69) is 16.6 Å². The van der Waals surface area contributed by atoms with Crippen LogP contribution in [0.25, 0.3) is 0 Å². The Kier molecular flexibility index (Phi) is 4.25. The predicted octanol–water partition coefficient (Wildman–Crippen LogP) is 1.02. The van der Waals surface area contributed by atoms with Gasteiger partial charge in [-0.1, -0.05) is 6.92 Å². The number of hydrogen-bond acceptors (Lipinski definition) is 5. The summed E-state index contributed by atoms with van der Waals surface area (Å²) >= 11 is 0. The second-order valence-electron chi connectivity index (χ2n) is 5.23. The van der Waals surface area contributed by atoms with E-state index < -0.39 is 5.79 Å². The quantitative estimate of drug-likeness (QED) is 0.704. The van der Waals surface area contributed by atoms with Crippen LogP contribution < -0.4 is 0 Å². The average molecular weight is 257 g/mol. The van der Waals surface area contributed by atoms with E-state index in [9.17, 15) is 4.79 Å². The number of esters is 1. The maximum absolute atomic E-state index is 11.2. The molecule has 3 atom stereocenters. The lowest BCUT2D eigenvalue weighted by Gasteiger charge is -2.30. The topological polar surface area (TPSA) is 48.0 Å². The Morgan fingerprint density at radius 3 is 2.94 bits per heavy atom. The van der Waals surface area contributed by atoms with Gasteiger partial charge < -0.3 is 19.1 Å². The van der Waals surface area contributed by atoms with E-state index in [4.69, 9.17) is 9.47 Å². The molecule has 0 aliphatic carbocycles. The Hall–Kier alpha value is -0.650. The molecular weight excluding hydrogens is 234 g/mol. The van der Waals surface area contributed by atoms with Crippen LogP contribution in [0.2, 0.25) is 0 Å². The van der Waals surface area contributed by atoms with Gasteiger partial charge in [-0.2, -0.15) is 0 Å². The molecule has 18 heavy (non-hydrogen) atoms. The number of carbonyl (C=O) groups excluding carboxylic acids is 1. The third kappa shape index (κ3) is 2.84. The van der Waals surface area contributed by atoms with Gasteiger partial charge in [-0.25, -0.2) is 0 Å². The third-order valence-corrected chi connectivity index (χ3v) is 4.04. The lowest BCUT2D eigenvalue weighted by Crippen LogP contribution is -2.38. The number of nitrogens with zero attached hydrogens (tertiary/aromatic N) is 1. The first kappa shape index (κ1) is 13.8. The number of methoxy groups -OCH3 is 1. The summed E-state index contributed by atoms with van der Waals surface area (Å²) in [7, 11) is 1.40. The summed E-state index contributed by atoms with van der Waals surface area (Å²) in [6.45, 7) is 7.82. The van der Waals surface area contributed by atoms with Crippen LogP contribution in [-0.4, -0.2) is 56.1 Å². The highest BCUT2D eigenvalue weighted by Gasteiger charge is 2.46. The largest absolute Gasteiger partial charge is 0.469 e. The SMILES string of the molecule is CCN1CCC(C2(C)OCC(CC(=O)OC)O2)C1. The fourth-order valence-corrected chi connectivity index (χ4v) is 2.79. The number of ether oxygens (including phenoxy) is 3. The Labute approximate surface area is 108 Å². The minimum atomic E-state index is -0.539. The van der Waals surface area contributed by atoms with Crippen molar-refractivity contribution in [2.45, 2.75) is 38.6 Å². The van der Waals surface area contributed by atoms with Crippen molar-refractivity contribution in [3.63, 3.8) is 0 Å². The van der Waals surface area contributed by atoms with Crippen LogP contribution in [0.4, 0.5) is 0 Å². The molecule has 5 heteroatoms. The lowest BCUT2D eigenvalue weighted by molar-refractivity contribution is -0.190. The molecule has 3 unspecified atom stereocenters. The molecule has 0 radical (unpaired) electrons. The average Bonchev–Trinajstić information content (AvgIpc) is 2.97. The molecule has 0 bridgehead atoms. The minimum absolute atomic E-state index is 0.168. The molecular formula is C13H23NO4.